The van der Waals surface area contributed by atoms with Crippen LogP contribution < -0.4 is 11.1 Å². The molecule has 1 fully saturated rings. The van der Waals surface area contributed by atoms with Crippen molar-refractivity contribution in [3.63, 3.8) is 0 Å². The maximum Gasteiger partial charge on any atom is 0.0443 e. The van der Waals surface area contributed by atoms with Crippen LogP contribution in [0.4, 0.5) is 11.4 Å². The molecule has 2 atom stereocenters. The van der Waals surface area contributed by atoms with Crippen LogP contribution in [0, 0.1) is 0 Å². The Labute approximate surface area is 108 Å². The summed E-state index contributed by atoms with van der Waals surface area (Å²) in [5.74, 6) is 1.49. The molecule has 4 rings (SSSR count). The van der Waals surface area contributed by atoms with Crippen molar-refractivity contribution in [1.82, 2.24) is 6.15 Å². The summed E-state index contributed by atoms with van der Waals surface area (Å²) in [4.78, 5) is 2.34. The number of hydrogen-bond donors (Lipinski definition) is 1. The van der Waals surface area contributed by atoms with E-state index in [9.17, 15) is 0 Å². The van der Waals surface area contributed by atoms with Crippen molar-refractivity contribution < 1.29 is 0 Å². The Balaban J connectivity index is 0.000001000. The van der Waals surface area contributed by atoms with Gasteiger partial charge in [-0.15, -0.1) is 0 Å². The van der Waals surface area contributed by atoms with Gasteiger partial charge in [-0.2, -0.15) is 0 Å². The van der Waals surface area contributed by atoms with Crippen molar-refractivity contribution in [3.8, 4) is 0 Å². The van der Waals surface area contributed by atoms with E-state index in [-0.39, 0.29) is 6.15 Å². The Bertz CT molecular complexity index is 540. The van der Waals surface area contributed by atoms with Crippen LogP contribution >= 0.6 is 0 Å². The van der Waals surface area contributed by atoms with E-state index in [4.69, 9.17) is 0 Å². The number of benzene rings is 2. The second-order valence-electron chi connectivity index (χ2n) is 5.13. The summed E-state index contributed by atoms with van der Waals surface area (Å²) in [6, 6.07) is 17.7. The fraction of sp³-hybridized carbons (Fsp3) is 0.250. The molecule has 0 bridgehead atoms. The first-order chi connectivity index (χ1) is 8.36. The first-order valence-electron chi connectivity index (χ1n) is 6.28. The Morgan fingerprint density at radius 1 is 0.833 bits per heavy atom. The lowest BCUT2D eigenvalue weighted by Gasteiger charge is -2.22. The third-order valence-corrected chi connectivity index (χ3v) is 4.19. The van der Waals surface area contributed by atoms with Crippen molar-refractivity contribution in [1.29, 1.82) is 0 Å². The van der Waals surface area contributed by atoms with E-state index in [0.717, 1.165) is 11.8 Å². The molecule has 1 saturated carbocycles. The maximum absolute atomic E-state index is 2.34. The van der Waals surface area contributed by atoms with Gasteiger partial charge < -0.3 is 11.1 Å². The van der Waals surface area contributed by atoms with Gasteiger partial charge in [0.15, 0.2) is 0 Å². The molecule has 3 N–H and O–H groups in total. The number of hydrogen-bond acceptors (Lipinski definition) is 2. The van der Waals surface area contributed by atoms with Crippen molar-refractivity contribution >= 4 is 11.4 Å². The van der Waals surface area contributed by atoms with E-state index < -0.39 is 0 Å². The Morgan fingerprint density at radius 2 is 1.28 bits per heavy atom. The summed E-state index contributed by atoms with van der Waals surface area (Å²) in [6.07, 6.45) is 1.32. The fourth-order valence-electron chi connectivity index (χ4n) is 3.23. The zero-order valence-corrected chi connectivity index (χ0v) is 10.6. The standard InChI is InChI=1S/C16H15N.H3N/c1-17-15-8-4-2-6-11(15)13-10-14(13)12-7-3-5-9-16(12)17;/h2-9,13-14H,10H2,1H3;1H3. The van der Waals surface area contributed by atoms with Gasteiger partial charge in [0, 0.05) is 18.4 Å². The molecule has 0 aromatic heterocycles. The molecule has 1 heterocycles. The molecule has 18 heavy (non-hydrogen) atoms. The van der Waals surface area contributed by atoms with Crippen molar-refractivity contribution in [2.75, 3.05) is 11.9 Å². The van der Waals surface area contributed by atoms with Gasteiger partial charge in [-0.3, -0.25) is 0 Å². The monoisotopic (exact) mass is 238 g/mol. The summed E-state index contributed by atoms with van der Waals surface area (Å²) in [5, 5.41) is 0. The second-order valence-corrected chi connectivity index (χ2v) is 5.13. The molecule has 0 spiro atoms. The van der Waals surface area contributed by atoms with Crippen LogP contribution in [0.25, 0.3) is 0 Å². The molecule has 0 saturated heterocycles. The molecular weight excluding hydrogens is 220 g/mol. The average molecular weight is 238 g/mol. The summed E-state index contributed by atoms with van der Waals surface area (Å²) in [6.45, 7) is 0. The van der Waals surface area contributed by atoms with E-state index >= 15 is 0 Å². The number of nitrogens with zero attached hydrogens (tertiary/aromatic N) is 1. The summed E-state index contributed by atoms with van der Waals surface area (Å²) < 4.78 is 0. The number of para-hydroxylation sites is 2. The highest BCUT2D eigenvalue weighted by Gasteiger charge is 2.44. The smallest absolute Gasteiger partial charge is 0.0443 e. The minimum absolute atomic E-state index is 0. The molecule has 0 amide bonds. The molecule has 0 radical (unpaired) electrons. The number of anilines is 2. The SMILES string of the molecule is CN1c2ccccc2C2CC2c2ccccc21.N. The quantitative estimate of drug-likeness (QED) is 0.747. The minimum atomic E-state index is 0. The highest BCUT2D eigenvalue weighted by Crippen LogP contribution is 2.61. The van der Waals surface area contributed by atoms with Crippen molar-refractivity contribution in [2.45, 2.75) is 18.3 Å². The van der Waals surface area contributed by atoms with Crippen LogP contribution in [0.15, 0.2) is 48.5 Å². The predicted molar refractivity (Wildman–Crippen MR) is 76.1 cm³/mol. The highest BCUT2D eigenvalue weighted by atomic mass is 15.1. The number of rotatable bonds is 0. The van der Waals surface area contributed by atoms with Gasteiger partial charge in [0.2, 0.25) is 0 Å². The normalized spacial score (nSPS) is 23.1. The molecule has 92 valence electrons. The topological polar surface area (TPSA) is 38.2 Å². The van der Waals surface area contributed by atoms with Crippen LogP contribution in [-0.2, 0) is 0 Å². The van der Waals surface area contributed by atoms with E-state index in [1.807, 2.05) is 0 Å². The molecule has 2 aromatic rings. The first-order valence-corrected chi connectivity index (χ1v) is 6.28. The Hall–Kier alpha value is -1.80. The fourth-order valence-corrected chi connectivity index (χ4v) is 3.23. The zero-order valence-electron chi connectivity index (χ0n) is 10.6. The van der Waals surface area contributed by atoms with Gasteiger partial charge in [0.1, 0.15) is 0 Å². The highest BCUT2D eigenvalue weighted by molar-refractivity contribution is 5.74. The lowest BCUT2D eigenvalue weighted by molar-refractivity contribution is 1.05. The Morgan fingerprint density at radius 3 is 1.78 bits per heavy atom. The molecular formula is C16H18N2. The van der Waals surface area contributed by atoms with E-state index in [1.165, 1.54) is 28.9 Å². The molecule has 2 nitrogen and oxygen atoms in total. The van der Waals surface area contributed by atoms with Crippen LogP contribution in [0.2, 0.25) is 0 Å². The van der Waals surface area contributed by atoms with Gasteiger partial charge in [0.25, 0.3) is 0 Å². The maximum atomic E-state index is 2.34. The lowest BCUT2D eigenvalue weighted by Crippen LogP contribution is -2.11. The molecule has 2 aliphatic rings. The Kier molecular flexibility index (Phi) is 2.42. The lowest BCUT2D eigenvalue weighted by atomic mass is 10.0. The third kappa shape index (κ3) is 1.39. The van der Waals surface area contributed by atoms with Crippen molar-refractivity contribution in [2.24, 2.45) is 0 Å². The molecule has 2 aromatic carbocycles. The van der Waals surface area contributed by atoms with Gasteiger partial charge >= 0.3 is 0 Å². The van der Waals surface area contributed by atoms with E-state index in [1.54, 1.807) is 0 Å². The average Bonchev–Trinajstić information content (AvgIpc) is 3.18. The summed E-state index contributed by atoms with van der Waals surface area (Å²) in [7, 11) is 2.18. The van der Waals surface area contributed by atoms with Gasteiger partial charge in [0.05, 0.1) is 0 Å². The largest absolute Gasteiger partial charge is 0.344 e. The van der Waals surface area contributed by atoms with Crippen LogP contribution in [0.1, 0.15) is 29.4 Å². The first kappa shape index (κ1) is 11.3. The van der Waals surface area contributed by atoms with Crippen LogP contribution in [0.3, 0.4) is 0 Å². The van der Waals surface area contributed by atoms with Crippen molar-refractivity contribution in [3.05, 3.63) is 59.7 Å². The third-order valence-electron chi connectivity index (χ3n) is 4.19. The minimum Gasteiger partial charge on any atom is -0.344 e. The second kappa shape index (κ2) is 3.85. The summed E-state index contributed by atoms with van der Waals surface area (Å²) >= 11 is 0. The van der Waals surface area contributed by atoms with Gasteiger partial charge in [-0.25, -0.2) is 0 Å². The molecule has 1 aliphatic heterocycles. The van der Waals surface area contributed by atoms with Gasteiger partial charge in [-0.05, 0) is 41.5 Å². The van der Waals surface area contributed by atoms with Gasteiger partial charge in [-0.1, -0.05) is 36.4 Å². The zero-order chi connectivity index (χ0) is 11.4. The number of fused-ring (bicyclic) bond motifs is 5. The molecule has 2 unspecified atom stereocenters. The van der Waals surface area contributed by atoms with Crippen LogP contribution in [0.5, 0.6) is 0 Å². The summed E-state index contributed by atoms with van der Waals surface area (Å²) in [5.41, 5.74) is 5.81. The van der Waals surface area contributed by atoms with E-state index in [0.29, 0.717) is 0 Å². The van der Waals surface area contributed by atoms with E-state index in [2.05, 4.69) is 60.5 Å². The molecule has 1 aliphatic carbocycles. The molecule has 2 heteroatoms. The predicted octanol–water partition coefficient (Wildman–Crippen LogP) is 4.20. The van der Waals surface area contributed by atoms with Crippen LogP contribution in [-0.4, -0.2) is 7.05 Å².